The van der Waals surface area contributed by atoms with Crippen molar-refractivity contribution < 1.29 is 14.3 Å². The molecule has 2 saturated heterocycles. The van der Waals surface area contributed by atoms with Crippen molar-refractivity contribution in [1.82, 2.24) is 15.2 Å². The maximum atomic E-state index is 12.5. The van der Waals surface area contributed by atoms with E-state index in [2.05, 4.69) is 17.2 Å². The molecule has 1 aromatic heterocycles. The average molecular weight is 339 g/mol. The second-order valence-corrected chi connectivity index (χ2v) is 7.38. The van der Waals surface area contributed by atoms with Gasteiger partial charge in [0, 0.05) is 43.0 Å². The van der Waals surface area contributed by atoms with E-state index < -0.39 is 5.79 Å². The molecule has 2 aliphatic rings. The van der Waals surface area contributed by atoms with Gasteiger partial charge < -0.3 is 19.7 Å². The molecule has 0 spiro atoms. The van der Waals surface area contributed by atoms with Crippen molar-refractivity contribution in [3.63, 3.8) is 0 Å². The molecule has 128 valence electrons. The van der Waals surface area contributed by atoms with Crippen LogP contribution in [-0.2, 0) is 9.47 Å². The molecule has 1 N–H and O–H groups in total. The van der Waals surface area contributed by atoms with Crippen molar-refractivity contribution in [2.75, 3.05) is 32.8 Å². The zero-order valence-electron chi connectivity index (χ0n) is 13.8. The van der Waals surface area contributed by atoms with Gasteiger partial charge in [0.2, 0.25) is 0 Å². The van der Waals surface area contributed by atoms with E-state index in [-0.39, 0.29) is 17.9 Å². The summed E-state index contributed by atoms with van der Waals surface area (Å²) in [5, 5.41) is 6.06. The predicted octanol–water partition coefficient (Wildman–Crippen LogP) is 2.43. The molecule has 6 nitrogen and oxygen atoms in total. The van der Waals surface area contributed by atoms with Crippen LogP contribution in [0.15, 0.2) is 11.6 Å². The lowest BCUT2D eigenvalue weighted by Gasteiger charge is -2.39. The third-order valence-electron chi connectivity index (χ3n) is 4.74. The van der Waals surface area contributed by atoms with Crippen LogP contribution in [0.25, 0.3) is 0 Å². The second kappa shape index (κ2) is 7.15. The van der Waals surface area contributed by atoms with Crippen LogP contribution in [0.4, 0.5) is 4.79 Å². The molecule has 0 bridgehead atoms. The fraction of sp³-hybridized carbons (Fsp3) is 0.750. The van der Waals surface area contributed by atoms with Gasteiger partial charge in [-0.3, -0.25) is 0 Å². The quantitative estimate of drug-likeness (QED) is 0.915. The Morgan fingerprint density at radius 2 is 2.35 bits per heavy atom. The van der Waals surface area contributed by atoms with Gasteiger partial charge >= 0.3 is 6.03 Å². The molecule has 1 aromatic rings. The number of carbonyl (C=O) groups is 1. The number of nitrogens with zero attached hydrogens (tertiary/aromatic N) is 2. The molecular weight excluding hydrogens is 314 g/mol. The van der Waals surface area contributed by atoms with E-state index in [0.29, 0.717) is 26.3 Å². The SMILES string of the molecule is CC(CNC(=O)N1CCCC(C2(C)OCCO2)C1)c1nccs1. The maximum Gasteiger partial charge on any atom is 0.317 e. The third-order valence-corrected chi connectivity index (χ3v) is 5.75. The number of hydrogen-bond acceptors (Lipinski definition) is 5. The first-order chi connectivity index (χ1) is 11.1. The molecular formula is C16H25N3O3S. The summed E-state index contributed by atoms with van der Waals surface area (Å²) in [6, 6.07) is -0.000275. The summed E-state index contributed by atoms with van der Waals surface area (Å²) in [6.07, 6.45) is 3.83. The molecule has 0 radical (unpaired) electrons. The van der Waals surface area contributed by atoms with Crippen LogP contribution < -0.4 is 5.32 Å². The van der Waals surface area contributed by atoms with Gasteiger partial charge in [0.15, 0.2) is 5.79 Å². The van der Waals surface area contributed by atoms with Gasteiger partial charge in [0.1, 0.15) is 0 Å². The van der Waals surface area contributed by atoms with Crippen LogP contribution >= 0.6 is 11.3 Å². The smallest absolute Gasteiger partial charge is 0.317 e. The zero-order valence-corrected chi connectivity index (χ0v) is 14.6. The van der Waals surface area contributed by atoms with Crippen LogP contribution in [0, 0.1) is 5.92 Å². The fourth-order valence-electron chi connectivity index (χ4n) is 3.27. The number of carbonyl (C=O) groups excluding carboxylic acids is 1. The lowest BCUT2D eigenvalue weighted by Crippen LogP contribution is -2.51. The minimum atomic E-state index is -0.535. The van der Waals surface area contributed by atoms with E-state index >= 15 is 0 Å². The zero-order chi connectivity index (χ0) is 16.3. The van der Waals surface area contributed by atoms with Gasteiger partial charge in [-0.05, 0) is 19.8 Å². The summed E-state index contributed by atoms with van der Waals surface area (Å²) in [5.74, 6) is -0.0629. The number of ether oxygens (including phenoxy) is 2. The van der Waals surface area contributed by atoms with Crippen LogP contribution in [0.2, 0.25) is 0 Å². The van der Waals surface area contributed by atoms with Crippen molar-refractivity contribution in [1.29, 1.82) is 0 Å². The van der Waals surface area contributed by atoms with Crippen LogP contribution in [0.5, 0.6) is 0 Å². The van der Waals surface area contributed by atoms with Gasteiger partial charge in [-0.15, -0.1) is 11.3 Å². The molecule has 2 fully saturated rings. The Morgan fingerprint density at radius 3 is 3.04 bits per heavy atom. The topological polar surface area (TPSA) is 63.7 Å². The Hall–Kier alpha value is -1.18. The monoisotopic (exact) mass is 339 g/mol. The van der Waals surface area contributed by atoms with E-state index in [1.807, 2.05) is 17.2 Å². The third kappa shape index (κ3) is 3.84. The standard InChI is InChI=1S/C16H25N3O3S/c1-12(14-17-5-9-23-14)10-18-15(20)19-6-3-4-13(11-19)16(2)21-7-8-22-16/h5,9,12-13H,3-4,6-8,10-11H2,1-2H3,(H,18,20). The first-order valence-electron chi connectivity index (χ1n) is 8.28. The Kier molecular flexibility index (Phi) is 5.18. The number of aromatic nitrogens is 1. The highest BCUT2D eigenvalue weighted by Gasteiger charge is 2.42. The molecule has 2 amide bonds. The molecule has 0 saturated carbocycles. The van der Waals surface area contributed by atoms with Gasteiger partial charge in [0.05, 0.1) is 18.2 Å². The minimum absolute atomic E-state index is 0.000275. The second-order valence-electron chi connectivity index (χ2n) is 6.46. The number of amides is 2. The van der Waals surface area contributed by atoms with Crippen molar-refractivity contribution in [2.45, 2.75) is 38.4 Å². The molecule has 2 aliphatic heterocycles. The summed E-state index contributed by atoms with van der Waals surface area (Å²) >= 11 is 1.63. The first kappa shape index (κ1) is 16.7. The molecule has 0 aliphatic carbocycles. The highest BCUT2D eigenvalue weighted by Crippen LogP contribution is 2.34. The van der Waals surface area contributed by atoms with Crippen LogP contribution in [0.1, 0.15) is 37.6 Å². The van der Waals surface area contributed by atoms with Gasteiger partial charge in [-0.2, -0.15) is 0 Å². The summed E-state index contributed by atoms with van der Waals surface area (Å²) < 4.78 is 11.5. The lowest BCUT2D eigenvalue weighted by atomic mass is 9.90. The van der Waals surface area contributed by atoms with E-state index in [1.165, 1.54) is 0 Å². The Balaban J connectivity index is 1.51. The summed E-state index contributed by atoms with van der Waals surface area (Å²) in [6.45, 7) is 7.46. The van der Waals surface area contributed by atoms with Crippen LogP contribution in [-0.4, -0.2) is 54.6 Å². The van der Waals surface area contributed by atoms with E-state index in [9.17, 15) is 4.79 Å². The number of piperidine rings is 1. The van der Waals surface area contributed by atoms with Gasteiger partial charge in [0.25, 0.3) is 0 Å². The Labute approximate surface area is 141 Å². The summed E-state index contributed by atoms with van der Waals surface area (Å²) in [7, 11) is 0. The number of thiazole rings is 1. The number of urea groups is 1. The molecule has 2 atom stereocenters. The highest BCUT2D eigenvalue weighted by atomic mass is 32.1. The van der Waals surface area contributed by atoms with Crippen molar-refractivity contribution in [2.24, 2.45) is 5.92 Å². The average Bonchev–Trinajstić information content (AvgIpc) is 3.25. The molecule has 0 aromatic carbocycles. The normalized spacial score (nSPS) is 25.3. The molecule has 3 heterocycles. The predicted molar refractivity (Wildman–Crippen MR) is 88.5 cm³/mol. The van der Waals surface area contributed by atoms with Crippen molar-refractivity contribution >= 4 is 17.4 Å². The Bertz CT molecular complexity index is 517. The van der Waals surface area contributed by atoms with E-state index in [4.69, 9.17) is 9.47 Å². The van der Waals surface area contributed by atoms with Gasteiger partial charge in [-0.1, -0.05) is 6.92 Å². The largest absolute Gasteiger partial charge is 0.347 e. The van der Waals surface area contributed by atoms with Crippen LogP contribution in [0.3, 0.4) is 0 Å². The fourth-order valence-corrected chi connectivity index (χ4v) is 3.97. The number of hydrogen-bond donors (Lipinski definition) is 1. The molecule has 23 heavy (non-hydrogen) atoms. The highest BCUT2D eigenvalue weighted by molar-refractivity contribution is 7.09. The number of likely N-dealkylation sites (tertiary alicyclic amines) is 1. The number of nitrogens with one attached hydrogen (secondary N) is 1. The summed E-state index contributed by atoms with van der Waals surface area (Å²) in [5.41, 5.74) is 0. The molecule has 3 rings (SSSR count). The van der Waals surface area contributed by atoms with E-state index in [0.717, 1.165) is 24.4 Å². The minimum Gasteiger partial charge on any atom is -0.347 e. The molecule has 7 heteroatoms. The van der Waals surface area contributed by atoms with E-state index in [1.54, 1.807) is 17.5 Å². The lowest BCUT2D eigenvalue weighted by molar-refractivity contribution is -0.189. The van der Waals surface area contributed by atoms with Crippen molar-refractivity contribution in [3.8, 4) is 0 Å². The molecule has 2 unspecified atom stereocenters. The number of rotatable bonds is 4. The Morgan fingerprint density at radius 1 is 1.57 bits per heavy atom. The maximum absolute atomic E-state index is 12.5. The van der Waals surface area contributed by atoms with Crippen molar-refractivity contribution in [3.05, 3.63) is 16.6 Å². The first-order valence-corrected chi connectivity index (χ1v) is 9.16. The van der Waals surface area contributed by atoms with Gasteiger partial charge in [-0.25, -0.2) is 9.78 Å². The summed E-state index contributed by atoms with van der Waals surface area (Å²) in [4.78, 5) is 18.6.